The number of aromatic nitrogens is 2. The number of carboxylic acid groups (broad SMARTS) is 1. The molecule has 88 valence electrons. The molecule has 1 heterocycles. The van der Waals surface area contributed by atoms with Crippen molar-refractivity contribution in [3.05, 3.63) is 28.2 Å². The summed E-state index contributed by atoms with van der Waals surface area (Å²) in [5, 5.41) is 12.5. The van der Waals surface area contributed by atoms with Gasteiger partial charge in [-0.2, -0.15) is 4.98 Å². The topological polar surface area (TPSA) is 85.5 Å². The summed E-state index contributed by atoms with van der Waals surface area (Å²) >= 11 is 11.8. The molecule has 6 nitrogen and oxygen atoms in total. The van der Waals surface area contributed by atoms with Gasteiger partial charge in [0.1, 0.15) is 0 Å². The summed E-state index contributed by atoms with van der Waals surface area (Å²) in [6.07, 6.45) is -2.05. The molecule has 0 saturated heterocycles. The van der Waals surface area contributed by atoms with E-state index in [1.165, 1.54) is 0 Å². The molecule has 0 radical (unpaired) electrons. The van der Waals surface area contributed by atoms with Crippen LogP contribution in [-0.2, 0) is 0 Å². The molecule has 0 amide bonds. The van der Waals surface area contributed by atoms with Crippen LogP contribution in [0.15, 0.2) is 22.7 Å². The van der Waals surface area contributed by atoms with Gasteiger partial charge in [0.05, 0.1) is 15.6 Å². The van der Waals surface area contributed by atoms with E-state index in [9.17, 15) is 4.79 Å². The lowest BCUT2D eigenvalue weighted by Gasteiger charge is -2.00. The molecule has 0 aliphatic heterocycles. The lowest BCUT2D eigenvalue weighted by Crippen LogP contribution is -2.02. The molecule has 1 aromatic heterocycles. The Balaban J connectivity index is 2.40. The third-order valence-electron chi connectivity index (χ3n) is 1.77. The Kier molecular flexibility index (Phi) is 3.16. The Morgan fingerprint density at radius 1 is 1.35 bits per heavy atom. The third kappa shape index (κ3) is 2.48. The average Bonchev–Trinajstić information content (AvgIpc) is 2.65. The van der Waals surface area contributed by atoms with E-state index in [2.05, 4.69) is 19.4 Å². The van der Waals surface area contributed by atoms with Gasteiger partial charge in [-0.1, -0.05) is 34.4 Å². The normalized spacial score (nSPS) is 10.2. The standard InChI is InChI=1S/C9H4Cl2N2O4/c10-4-2-1-3-5(11)6(4)7-12-8(17-13-7)16-9(14)15/h1-3H,(H,14,15). The predicted octanol–water partition coefficient (Wildman–Crippen LogP) is 3.10. The fraction of sp³-hybridized carbons (Fsp3) is 0. The molecule has 0 aliphatic rings. The quantitative estimate of drug-likeness (QED) is 0.847. The van der Waals surface area contributed by atoms with E-state index < -0.39 is 12.2 Å². The maximum atomic E-state index is 10.2. The van der Waals surface area contributed by atoms with Gasteiger partial charge in [0, 0.05) is 0 Å². The maximum Gasteiger partial charge on any atom is 0.514 e. The first-order valence-corrected chi connectivity index (χ1v) is 5.02. The predicted molar refractivity (Wildman–Crippen MR) is 58.4 cm³/mol. The molecule has 0 spiro atoms. The number of nitrogens with zero attached hydrogens (tertiary/aromatic N) is 2. The van der Waals surface area contributed by atoms with Crippen LogP contribution in [0.3, 0.4) is 0 Å². The lowest BCUT2D eigenvalue weighted by atomic mass is 10.2. The fourth-order valence-electron chi connectivity index (χ4n) is 1.14. The zero-order valence-electron chi connectivity index (χ0n) is 8.05. The SMILES string of the molecule is O=C(O)Oc1nc(-c2c(Cl)cccc2Cl)no1. The van der Waals surface area contributed by atoms with Gasteiger partial charge in [-0.25, -0.2) is 4.79 Å². The van der Waals surface area contributed by atoms with Gasteiger partial charge < -0.3 is 9.84 Å². The van der Waals surface area contributed by atoms with Gasteiger partial charge in [0.2, 0.25) is 5.82 Å². The molecule has 0 aliphatic carbocycles. The second kappa shape index (κ2) is 4.60. The van der Waals surface area contributed by atoms with E-state index in [1.807, 2.05) is 0 Å². The van der Waals surface area contributed by atoms with E-state index in [-0.39, 0.29) is 5.82 Å². The zero-order chi connectivity index (χ0) is 12.4. The van der Waals surface area contributed by atoms with Crippen LogP contribution in [0, 0.1) is 0 Å². The second-order valence-corrected chi connectivity index (χ2v) is 3.66. The van der Waals surface area contributed by atoms with E-state index >= 15 is 0 Å². The lowest BCUT2D eigenvalue weighted by molar-refractivity contribution is 0.125. The first-order valence-electron chi connectivity index (χ1n) is 4.27. The average molecular weight is 275 g/mol. The van der Waals surface area contributed by atoms with Crippen LogP contribution in [0.4, 0.5) is 4.79 Å². The molecule has 0 fully saturated rings. The fourth-order valence-corrected chi connectivity index (χ4v) is 1.71. The summed E-state index contributed by atoms with van der Waals surface area (Å²) in [4.78, 5) is 13.9. The molecular weight excluding hydrogens is 271 g/mol. The highest BCUT2D eigenvalue weighted by Gasteiger charge is 2.17. The number of hydrogen-bond acceptors (Lipinski definition) is 5. The van der Waals surface area contributed by atoms with Gasteiger partial charge in [0.15, 0.2) is 0 Å². The van der Waals surface area contributed by atoms with Crippen LogP contribution in [-0.4, -0.2) is 21.4 Å². The number of carbonyl (C=O) groups is 1. The number of halogens is 2. The monoisotopic (exact) mass is 274 g/mol. The molecule has 1 N–H and O–H groups in total. The van der Waals surface area contributed by atoms with Gasteiger partial charge in [-0.05, 0) is 12.1 Å². The van der Waals surface area contributed by atoms with E-state index in [4.69, 9.17) is 28.3 Å². The van der Waals surface area contributed by atoms with E-state index in [1.54, 1.807) is 18.2 Å². The minimum absolute atomic E-state index is 0.0526. The van der Waals surface area contributed by atoms with Crippen molar-refractivity contribution < 1.29 is 19.2 Å². The van der Waals surface area contributed by atoms with Crippen molar-refractivity contribution in [3.8, 4) is 17.5 Å². The number of ether oxygens (including phenoxy) is 1. The minimum atomic E-state index is -1.55. The van der Waals surface area contributed by atoms with Crippen molar-refractivity contribution in [1.29, 1.82) is 0 Å². The maximum absolute atomic E-state index is 10.2. The number of rotatable bonds is 2. The van der Waals surface area contributed by atoms with Crippen LogP contribution >= 0.6 is 23.2 Å². The highest BCUT2D eigenvalue weighted by atomic mass is 35.5. The van der Waals surface area contributed by atoms with Crippen LogP contribution in [0.2, 0.25) is 10.0 Å². The highest BCUT2D eigenvalue weighted by Crippen LogP contribution is 2.33. The molecule has 2 rings (SSSR count). The summed E-state index contributed by atoms with van der Waals surface area (Å²) in [7, 11) is 0. The second-order valence-electron chi connectivity index (χ2n) is 2.85. The van der Waals surface area contributed by atoms with E-state index in [0.717, 1.165) is 0 Å². The largest absolute Gasteiger partial charge is 0.514 e. The van der Waals surface area contributed by atoms with Crippen LogP contribution in [0.1, 0.15) is 0 Å². The summed E-state index contributed by atoms with van der Waals surface area (Å²) in [5.74, 6) is 0.0526. The zero-order valence-corrected chi connectivity index (χ0v) is 9.57. The van der Waals surface area contributed by atoms with Crippen molar-refractivity contribution in [2.24, 2.45) is 0 Å². The summed E-state index contributed by atoms with van der Waals surface area (Å²) in [5.41, 5.74) is 0.347. The number of benzene rings is 1. The first kappa shape index (κ1) is 11.7. The minimum Gasteiger partial charge on any atom is -0.449 e. The molecule has 0 saturated carbocycles. The van der Waals surface area contributed by atoms with Gasteiger partial charge in [0.25, 0.3) is 0 Å². The molecule has 1 aromatic carbocycles. The Labute approximate surface area is 105 Å². The third-order valence-corrected chi connectivity index (χ3v) is 2.40. The van der Waals surface area contributed by atoms with Crippen molar-refractivity contribution in [1.82, 2.24) is 10.1 Å². The summed E-state index contributed by atoms with van der Waals surface area (Å²) in [6.45, 7) is 0. The Morgan fingerprint density at radius 3 is 2.59 bits per heavy atom. The van der Waals surface area contributed by atoms with Gasteiger partial charge >= 0.3 is 12.2 Å². The summed E-state index contributed by atoms with van der Waals surface area (Å²) < 4.78 is 8.74. The molecule has 17 heavy (non-hydrogen) atoms. The Morgan fingerprint density at radius 2 is 2.00 bits per heavy atom. The van der Waals surface area contributed by atoms with Crippen molar-refractivity contribution in [3.63, 3.8) is 0 Å². The van der Waals surface area contributed by atoms with Crippen molar-refractivity contribution in [2.45, 2.75) is 0 Å². The summed E-state index contributed by atoms with van der Waals surface area (Å²) in [6, 6.07) is 4.84. The molecule has 8 heteroatoms. The number of hydrogen-bond donors (Lipinski definition) is 1. The Hall–Kier alpha value is -1.79. The van der Waals surface area contributed by atoms with Gasteiger partial charge in [-0.15, -0.1) is 0 Å². The Bertz CT molecular complexity index is 550. The smallest absolute Gasteiger partial charge is 0.449 e. The van der Waals surface area contributed by atoms with Crippen molar-refractivity contribution >= 4 is 29.4 Å². The molecular formula is C9H4Cl2N2O4. The molecule has 2 aromatic rings. The first-order chi connectivity index (χ1) is 8.08. The molecule has 0 bridgehead atoms. The van der Waals surface area contributed by atoms with Crippen LogP contribution in [0.5, 0.6) is 6.08 Å². The molecule has 0 unspecified atom stereocenters. The van der Waals surface area contributed by atoms with Gasteiger partial charge in [-0.3, -0.25) is 4.52 Å². The van der Waals surface area contributed by atoms with E-state index in [0.29, 0.717) is 15.6 Å². The van der Waals surface area contributed by atoms with Crippen LogP contribution in [0.25, 0.3) is 11.4 Å². The highest BCUT2D eigenvalue weighted by molar-refractivity contribution is 6.38. The molecule has 0 atom stereocenters. The van der Waals surface area contributed by atoms with Crippen LogP contribution < -0.4 is 4.74 Å². The van der Waals surface area contributed by atoms with Crippen molar-refractivity contribution in [2.75, 3.05) is 0 Å².